The molecule has 0 unspecified atom stereocenters. The standard InChI is InChI=1S/C25H38B2O4/c1-18(2)21(27-30-24(7,8)25(9,10)31-27)20(17-16-19-14-12-11-13-15-19)26-28-22(3,4)23(5,6)29-26/h11-15H,1,16-17H2,2-10H3/b21-20-. The van der Waals surface area contributed by atoms with E-state index in [1.165, 1.54) is 5.56 Å². The predicted molar refractivity (Wildman–Crippen MR) is 129 cm³/mol. The Morgan fingerprint density at radius 1 is 0.742 bits per heavy atom. The third-order valence-electron chi connectivity index (χ3n) is 7.36. The highest BCUT2D eigenvalue weighted by Gasteiger charge is 2.56. The molecular weight excluding hydrogens is 386 g/mol. The molecule has 0 bridgehead atoms. The van der Waals surface area contributed by atoms with Gasteiger partial charge in [0.2, 0.25) is 0 Å². The first-order valence-electron chi connectivity index (χ1n) is 11.3. The third-order valence-corrected chi connectivity index (χ3v) is 7.36. The van der Waals surface area contributed by atoms with Crippen LogP contribution in [0.2, 0.25) is 0 Å². The molecule has 0 N–H and O–H groups in total. The molecule has 0 aliphatic carbocycles. The van der Waals surface area contributed by atoms with Crippen LogP contribution in [0.25, 0.3) is 0 Å². The lowest BCUT2D eigenvalue weighted by Gasteiger charge is -2.32. The van der Waals surface area contributed by atoms with Crippen molar-refractivity contribution in [3.63, 3.8) is 0 Å². The van der Waals surface area contributed by atoms with Crippen molar-refractivity contribution in [3.8, 4) is 0 Å². The number of allylic oxidation sites excluding steroid dienone is 3. The zero-order valence-electron chi connectivity index (χ0n) is 20.8. The van der Waals surface area contributed by atoms with E-state index in [1.807, 2.05) is 13.0 Å². The van der Waals surface area contributed by atoms with E-state index < -0.39 is 36.6 Å². The van der Waals surface area contributed by atoms with Gasteiger partial charge in [-0.05, 0) is 91.7 Å². The van der Waals surface area contributed by atoms with Crippen molar-refractivity contribution in [2.75, 3.05) is 0 Å². The summed E-state index contributed by atoms with van der Waals surface area (Å²) in [6.45, 7) is 22.9. The molecule has 0 radical (unpaired) electrons. The van der Waals surface area contributed by atoms with Crippen molar-refractivity contribution in [2.45, 2.75) is 97.6 Å². The SMILES string of the molecule is C=C(C)/C(B1OC(C)(C)C(C)(C)O1)=C(\CCc1ccccc1)B1OC(C)(C)C(C)(C)O1. The number of hydrogen-bond acceptors (Lipinski definition) is 4. The first kappa shape index (κ1) is 24.3. The summed E-state index contributed by atoms with van der Waals surface area (Å²) in [7, 11) is -0.980. The number of hydrogen-bond donors (Lipinski definition) is 0. The second-order valence-corrected chi connectivity index (χ2v) is 10.9. The van der Waals surface area contributed by atoms with E-state index in [0.29, 0.717) is 0 Å². The molecule has 2 heterocycles. The summed E-state index contributed by atoms with van der Waals surface area (Å²) in [5.41, 5.74) is 2.47. The molecule has 2 fully saturated rings. The zero-order chi connectivity index (χ0) is 23.2. The number of rotatable bonds is 6. The van der Waals surface area contributed by atoms with Crippen molar-refractivity contribution in [1.29, 1.82) is 0 Å². The van der Waals surface area contributed by atoms with Gasteiger partial charge >= 0.3 is 14.2 Å². The minimum Gasteiger partial charge on any atom is -0.400 e. The summed E-state index contributed by atoms with van der Waals surface area (Å²) >= 11 is 0. The first-order chi connectivity index (χ1) is 14.2. The quantitative estimate of drug-likeness (QED) is 0.430. The maximum Gasteiger partial charge on any atom is 0.494 e. The Hall–Kier alpha value is -1.33. The van der Waals surface area contributed by atoms with E-state index in [4.69, 9.17) is 18.6 Å². The Labute approximate surface area is 189 Å². The molecule has 0 spiro atoms. The van der Waals surface area contributed by atoms with Crippen LogP contribution in [0.1, 0.15) is 74.3 Å². The van der Waals surface area contributed by atoms with Crippen molar-refractivity contribution in [1.82, 2.24) is 0 Å². The predicted octanol–water partition coefficient (Wildman–Crippen LogP) is 5.75. The largest absolute Gasteiger partial charge is 0.494 e. The molecule has 6 heteroatoms. The molecule has 1 aromatic rings. The van der Waals surface area contributed by atoms with E-state index in [2.05, 4.69) is 86.2 Å². The Kier molecular flexibility index (Phi) is 6.45. The summed E-state index contributed by atoms with van der Waals surface area (Å²) in [5.74, 6) is 0. The third kappa shape index (κ3) is 4.73. The summed E-state index contributed by atoms with van der Waals surface area (Å²) in [4.78, 5) is 0. The first-order valence-corrected chi connectivity index (χ1v) is 11.3. The molecular formula is C25H38B2O4. The van der Waals surface area contributed by atoms with E-state index in [1.54, 1.807) is 0 Å². The minimum atomic E-state index is -0.507. The van der Waals surface area contributed by atoms with Gasteiger partial charge in [0.25, 0.3) is 0 Å². The normalized spacial score (nSPS) is 24.3. The minimum absolute atomic E-state index is 0.425. The highest BCUT2D eigenvalue weighted by atomic mass is 16.7. The monoisotopic (exact) mass is 424 g/mol. The fraction of sp³-hybridized carbons (Fsp3) is 0.600. The molecule has 2 aliphatic heterocycles. The second kappa shape index (κ2) is 8.22. The summed E-state index contributed by atoms with van der Waals surface area (Å²) in [6, 6.07) is 10.5. The van der Waals surface area contributed by atoms with Crippen LogP contribution >= 0.6 is 0 Å². The van der Waals surface area contributed by atoms with Crippen molar-refractivity contribution in [3.05, 3.63) is 59.0 Å². The van der Waals surface area contributed by atoms with Gasteiger partial charge in [0, 0.05) is 0 Å². The summed E-state index contributed by atoms with van der Waals surface area (Å²) < 4.78 is 25.8. The Morgan fingerprint density at radius 2 is 1.16 bits per heavy atom. The highest BCUT2D eigenvalue weighted by Crippen LogP contribution is 2.44. The molecule has 2 saturated heterocycles. The molecule has 168 valence electrons. The van der Waals surface area contributed by atoms with Gasteiger partial charge in [0.1, 0.15) is 0 Å². The lowest BCUT2D eigenvalue weighted by Crippen LogP contribution is -2.41. The van der Waals surface area contributed by atoms with Crippen molar-refractivity contribution in [2.24, 2.45) is 0 Å². The van der Waals surface area contributed by atoms with Gasteiger partial charge < -0.3 is 18.6 Å². The molecule has 4 nitrogen and oxygen atoms in total. The fourth-order valence-corrected chi connectivity index (χ4v) is 3.88. The van der Waals surface area contributed by atoms with Gasteiger partial charge in [0.05, 0.1) is 22.4 Å². The average Bonchev–Trinajstić information content (AvgIpc) is 2.98. The van der Waals surface area contributed by atoms with Gasteiger partial charge in [-0.25, -0.2) is 0 Å². The van der Waals surface area contributed by atoms with Crippen LogP contribution in [0.3, 0.4) is 0 Å². The number of benzene rings is 1. The maximum absolute atomic E-state index is 6.48. The molecule has 2 aliphatic rings. The van der Waals surface area contributed by atoms with Crippen LogP contribution in [0.5, 0.6) is 0 Å². The van der Waals surface area contributed by atoms with Gasteiger partial charge in [0.15, 0.2) is 0 Å². The molecule has 31 heavy (non-hydrogen) atoms. The lowest BCUT2D eigenvalue weighted by atomic mass is 9.61. The van der Waals surface area contributed by atoms with Crippen LogP contribution in [0.15, 0.2) is 53.4 Å². The van der Waals surface area contributed by atoms with E-state index in [-0.39, 0.29) is 0 Å². The summed E-state index contributed by atoms with van der Waals surface area (Å²) in [5, 5.41) is 0. The zero-order valence-corrected chi connectivity index (χ0v) is 20.8. The Bertz CT molecular complexity index is 824. The second-order valence-electron chi connectivity index (χ2n) is 10.9. The lowest BCUT2D eigenvalue weighted by molar-refractivity contribution is 0.00578. The van der Waals surface area contributed by atoms with Crippen molar-refractivity contribution >= 4 is 14.2 Å². The van der Waals surface area contributed by atoms with E-state index >= 15 is 0 Å². The van der Waals surface area contributed by atoms with Gasteiger partial charge in [-0.15, -0.1) is 0 Å². The molecule has 1 aromatic carbocycles. The van der Waals surface area contributed by atoms with Crippen LogP contribution in [-0.2, 0) is 25.0 Å². The van der Waals surface area contributed by atoms with Crippen LogP contribution in [0.4, 0.5) is 0 Å². The fourth-order valence-electron chi connectivity index (χ4n) is 3.88. The van der Waals surface area contributed by atoms with Gasteiger partial charge in [-0.1, -0.05) is 42.5 Å². The van der Waals surface area contributed by atoms with Gasteiger partial charge in [-0.3, -0.25) is 0 Å². The van der Waals surface area contributed by atoms with Crippen LogP contribution in [0, 0.1) is 0 Å². The van der Waals surface area contributed by atoms with Crippen molar-refractivity contribution < 1.29 is 18.6 Å². The molecule has 0 aromatic heterocycles. The number of aryl methyl sites for hydroxylation is 1. The smallest absolute Gasteiger partial charge is 0.400 e. The van der Waals surface area contributed by atoms with E-state index in [9.17, 15) is 0 Å². The molecule has 0 amide bonds. The van der Waals surface area contributed by atoms with Crippen LogP contribution in [-0.4, -0.2) is 36.6 Å². The maximum atomic E-state index is 6.48. The molecule has 0 atom stereocenters. The van der Waals surface area contributed by atoms with Gasteiger partial charge in [-0.2, -0.15) is 0 Å². The highest BCUT2D eigenvalue weighted by molar-refractivity contribution is 6.63. The topological polar surface area (TPSA) is 36.9 Å². The molecule has 3 rings (SSSR count). The Balaban J connectivity index is 2.03. The molecule has 0 saturated carbocycles. The average molecular weight is 424 g/mol. The van der Waals surface area contributed by atoms with Crippen LogP contribution < -0.4 is 0 Å². The Morgan fingerprint density at radius 3 is 1.58 bits per heavy atom. The van der Waals surface area contributed by atoms with E-state index in [0.717, 1.165) is 29.4 Å². The summed E-state index contributed by atoms with van der Waals surface area (Å²) in [6.07, 6.45) is 1.64.